The lowest BCUT2D eigenvalue weighted by atomic mass is 9.84. The highest BCUT2D eigenvalue weighted by Gasteiger charge is 2.49. The summed E-state index contributed by atoms with van der Waals surface area (Å²) in [4.78, 5) is 26.2. The summed E-state index contributed by atoms with van der Waals surface area (Å²) in [6, 6.07) is -0.0992. The number of ketones is 1. The first-order valence-corrected chi connectivity index (χ1v) is 7.55. The van der Waals surface area contributed by atoms with Crippen LogP contribution in [0.1, 0.15) is 37.0 Å². The number of carbonyl (C=O) groups is 2. The quantitative estimate of drug-likeness (QED) is 0.487. The minimum atomic E-state index is -1.61. The number of Topliss-reactive ketones (excluding diaryl/α,β-unsaturated/α-hetero) is 1. The van der Waals surface area contributed by atoms with Gasteiger partial charge in [-0.15, -0.1) is 0 Å². The minimum Gasteiger partial charge on any atom is -0.465 e. The van der Waals surface area contributed by atoms with Gasteiger partial charge in [-0.25, -0.2) is 13.2 Å². The van der Waals surface area contributed by atoms with Crippen molar-refractivity contribution < 1.29 is 27.5 Å². The van der Waals surface area contributed by atoms with Crippen molar-refractivity contribution in [1.82, 2.24) is 0 Å². The number of anilines is 1. The van der Waals surface area contributed by atoms with E-state index in [1.807, 2.05) is 0 Å². The number of hydrogen-bond donors (Lipinski definition) is 0. The predicted octanol–water partition coefficient (Wildman–Crippen LogP) is 2.84. The predicted molar refractivity (Wildman–Crippen MR) is 75.7 cm³/mol. The van der Waals surface area contributed by atoms with Crippen molar-refractivity contribution >= 4 is 17.4 Å². The molecule has 0 saturated heterocycles. The minimum absolute atomic E-state index is 0.0897. The van der Waals surface area contributed by atoms with Gasteiger partial charge in [0, 0.05) is 17.6 Å². The molecule has 3 rings (SSSR count). The van der Waals surface area contributed by atoms with E-state index < -0.39 is 41.2 Å². The number of rotatable bonds is 3. The second-order valence-corrected chi connectivity index (χ2v) is 5.86. The smallest absolute Gasteiger partial charge is 0.318 e. The van der Waals surface area contributed by atoms with E-state index in [9.17, 15) is 22.8 Å². The standard InChI is InChI=1S/C16H16F3NO3/c1-3-23-16(22)11-7(2)20(8-4-5-8)14-9(15(11)21)6-10(17)12(18)13(14)19/h6-8,11H,3-5H2,1-2H3. The average Bonchev–Trinajstić information content (AvgIpc) is 3.31. The van der Waals surface area contributed by atoms with Crippen LogP contribution in [0.2, 0.25) is 0 Å². The lowest BCUT2D eigenvalue weighted by Crippen LogP contribution is -2.51. The first kappa shape index (κ1) is 15.8. The zero-order valence-corrected chi connectivity index (χ0v) is 12.7. The van der Waals surface area contributed by atoms with Crippen molar-refractivity contribution in [1.29, 1.82) is 0 Å². The Labute approximate surface area is 131 Å². The highest BCUT2D eigenvalue weighted by atomic mass is 19.2. The fraction of sp³-hybridized carbons (Fsp3) is 0.500. The van der Waals surface area contributed by atoms with E-state index in [2.05, 4.69) is 0 Å². The van der Waals surface area contributed by atoms with Gasteiger partial charge in [-0.2, -0.15) is 0 Å². The summed E-state index contributed by atoms with van der Waals surface area (Å²) in [5.74, 6) is -7.07. The van der Waals surface area contributed by atoms with E-state index in [0.29, 0.717) is 6.07 Å². The first-order chi connectivity index (χ1) is 10.9. The van der Waals surface area contributed by atoms with E-state index in [1.165, 1.54) is 4.90 Å². The molecule has 0 N–H and O–H groups in total. The molecule has 0 amide bonds. The van der Waals surface area contributed by atoms with Gasteiger partial charge < -0.3 is 9.64 Å². The lowest BCUT2D eigenvalue weighted by Gasteiger charge is -2.40. The van der Waals surface area contributed by atoms with Gasteiger partial charge in [0.2, 0.25) is 0 Å². The van der Waals surface area contributed by atoms with E-state index in [0.717, 1.165) is 12.8 Å². The molecule has 7 heteroatoms. The van der Waals surface area contributed by atoms with Gasteiger partial charge in [0.15, 0.2) is 23.2 Å². The number of esters is 1. The van der Waals surface area contributed by atoms with Gasteiger partial charge in [0.1, 0.15) is 5.92 Å². The van der Waals surface area contributed by atoms with Gasteiger partial charge >= 0.3 is 5.97 Å². The number of carbonyl (C=O) groups excluding carboxylic acids is 2. The number of hydrogen-bond acceptors (Lipinski definition) is 4. The molecule has 1 aromatic carbocycles. The second kappa shape index (κ2) is 5.54. The van der Waals surface area contributed by atoms with Crippen LogP contribution in [0, 0.1) is 23.4 Å². The molecule has 2 aliphatic rings. The average molecular weight is 327 g/mol. The molecule has 1 aromatic rings. The maximum Gasteiger partial charge on any atom is 0.318 e. The molecular formula is C16H16F3NO3. The summed E-state index contributed by atoms with van der Waals surface area (Å²) < 4.78 is 46.4. The Morgan fingerprint density at radius 3 is 2.52 bits per heavy atom. The van der Waals surface area contributed by atoms with Crippen LogP contribution in [0.3, 0.4) is 0 Å². The van der Waals surface area contributed by atoms with Crippen LogP contribution in [0.25, 0.3) is 0 Å². The van der Waals surface area contributed by atoms with E-state index in [-0.39, 0.29) is 23.9 Å². The normalized spacial score (nSPS) is 23.7. The van der Waals surface area contributed by atoms with Gasteiger partial charge in [-0.1, -0.05) is 0 Å². The monoisotopic (exact) mass is 327 g/mol. The maximum atomic E-state index is 14.3. The van der Waals surface area contributed by atoms with E-state index >= 15 is 0 Å². The molecule has 1 fully saturated rings. The fourth-order valence-corrected chi connectivity index (χ4v) is 3.18. The Balaban J connectivity index is 2.16. The van der Waals surface area contributed by atoms with Gasteiger partial charge in [0.05, 0.1) is 12.3 Å². The highest BCUT2D eigenvalue weighted by Crippen LogP contribution is 2.44. The van der Waals surface area contributed by atoms with Crippen LogP contribution < -0.4 is 4.90 Å². The van der Waals surface area contributed by atoms with Crippen molar-refractivity contribution in [3.05, 3.63) is 29.1 Å². The fourth-order valence-electron chi connectivity index (χ4n) is 3.18. The SMILES string of the molecule is CCOC(=O)C1C(=O)c2cc(F)c(F)c(F)c2N(C2CC2)C1C. The molecule has 0 spiro atoms. The summed E-state index contributed by atoms with van der Waals surface area (Å²) in [7, 11) is 0. The number of benzene rings is 1. The van der Waals surface area contributed by atoms with E-state index in [4.69, 9.17) is 4.74 Å². The van der Waals surface area contributed by atoms with E-state index in [1.54, 1.807) is 13.8 Å². The van der Waals surface area contributed by atoms with Crippen LogP contribution in [-0.4, -0.2) is 30.4 Å². The third-order valence-electron chi connectivity index (χ3n) is 4.34. The zero-order chi connectivity index (χ0) is 16.9. The Hall–Kier alpha value is -2.05. The van der Waals surface area contributed by atoms with Crippen molar-refractivity contribution in [3.8, 4) is 0 Å². The van der Waals surface area contributed by atoms with Crippen molar-refractivity contribution in [3.63, 3.8) is 0 Å². The summed E-state index contributed by atoms with van der Waals surface area (Å²) in [6.07, 6.45) is 1.48. The van der Waals surface area contributed by atoms with Crippen LogP contribution in [0.15, 0.2) is 6.07 Å². The molecule has 0 aromatic heterocycles. The summed E-state index contributed by atoms with van der Waals surface area (Å²) >= 11 is 0. The van der Waals surface area contributed by atoms with Crippen molar-refractivity contribution in [2.45, 2.75) is 38.8 Å². The molecule has 2 unspecified atom stereocenters. The van der Waals surface area contributed by atoms with Gasteiger partial charge in [0.25, 0.3) is 0 Å². The Morgan fingerprint density at radius 2 is 1.96 bits per heavy atom. The molecule has 2 atom stereocenters. The van der Waals surface area contributed by atoms with Crippen LogP contribution >= 0.6 is 0 Å². The van der Waals surface area contributed by atoms with Gasteiger partial charge in [-0.3, -0.25) is 9.59 Å². The number of nitrogens with zero attached hydrogens (tertiary/aromatic N) is 1. The van der Waals surface area contributed by atoms with Crippen LogP contribution in [0.4, 0.5) is 18.9 Å². The third kappa shape index (κ3) is 2.38. The summed E-state index contributed by atoms with van der Waals surface area (Å²) in [5.41, 5.74) is -0.547. The number of fused-ring (bicyclic) bond motifs is 1. The molecule has 1 saturated carbocycles. The molecule has 23 heavy (non-hydrogen) atoms. The lowest BCUT2D eigenvalue weighted by molar-refractivity contribution is -0.146. The molecule has 1 aliphatic carbocycles. The van der Waals surface area contributed by atoms with Gasteiger partial charge in [-0.05, 0) is 32.8 Å². The molecule has 0 radical (unpaired) electrons. The highest BCUT2D eigenvalue weighted by molar-refractivity contribution is 6.14. The molecule has 4 nitrogen and oxygen atoms in total. The largest absolute Gasteiger partial charge is 0.465 e. The maximum absolute atomic E-state index is 14.3. The third-order valence-corrected chi connectivity index (χ3v) is 4.34. The topological polar surface area (TPSA) is 46.6 Å². The van der Waals surface area contributed by atoms with Crippen molar-refractivity contribution in [2.24, 2.45) is 5.92 Å². The zero-order valence-electron chi connectivity index (χ0n) is 12.7. The molecular weight excluding hydrogens is 311 g/mol. The molecule has 0 bridgehead atoms. The molecule has 124 valence electrons. The Morgan fingerprint density at radius 1 is 1.30 bits per heavy atom. The number of ether oxygens (including phenoxy) is 1. The molecule has 1 aliphatic heterocycles. The summed E-state index contributed by atoms with van der Waals surface area (Å²) in [5, 5.41) is 0. The van der Waals surface area contributed by atoms with Crippen molar-refractivity contribution in [2.75, 3.05) is 11.5 Å². The molecule has 1 heterocycles. The summed E-state index contributed by atoms with van der Waals surface area (Å²) in [6.45, 7) is 3.30. The Bertz CT molecular complexity index is 688. The Kier molecular flexibility index (Phi) is 3.82. The second-order valence-electron chi connectivity index (χ2n) is 5.86. The van der Waals surface area contributed by atoms with Crippen LogP contribution in [-0.2, 0) is 9.53 Å². The van der Waals surface area contributed by atoms with Crippen LogP contribution in [0.5, 0.6) is 0 Å². The number of halogens is 3. The first-order valence-electron chi connectivity index (χ1n) is 7.55.